The van der Waals surface area contributed by atoms with Crippen molar-refractivity contribution in [2.45, 2.75) is 39.5 Å². The SMILES string of the molecule is Cc1cc(-c2c(F)cc3c(N4C[C@H]5CC[C@@](C)(C5)C4)nc(OCC4(CN(C)C)CC4C(=O)O)nc3c2F)c2ccccc2c1. The Morgan fingerprint density at radius 3 is 2.66 bits per heavy atom. The van der Waals surface area contributed by atoms with E-state index in [0.717, 1.165) is 48.7 Å². The highest BCUT2D eigenvalue weighted by Crippen LogP contribution is 2.53. The van der Waals surface area contributed by atoms with E-state index in [2.05, 4.69) is 16.8 Å². The molecular formula is C35H38F2N4O3. The quantitative estimate of drug-likeness (QED) is 0.241. The first-order valence-corrected chi connectivity index (χ1v) is 15.4. The maximum atomic E-state index is 16.8. The predicted octanol–water partition coefficient (Wildman–Crippen LogP) is 6.69. The van der Waals surface area contributed by atoms with Gasteiger partial charge in [0.1, 0.15) is 17.2 Å². The highest BCUT2D eigenvalue weighted by molar-refractivity contribution is 6.01. The van der Waals surface area contributed by atoms with Crippen LogP contribution in [0, 0.1) is 41.2 Å². The van der Waals surface area contributed by atoms with Crippen LogP contribution in [0.5, 0.6) is 6.01 Å². The van der Waals surface area contributed by atoms with Gasteiger partial charge < -0.3 is 19.6 Å². The molecule has 2 saturated carbocycles. The van der Waals surface area contributed by atoms with Crippen LogP contribution >= 0.6 is 0 Å². The maximum Gasteiger partial charge on any atom is 0.319 e. The number of piperidine rings is 1. The van der Waals surface area contributed by atoms with E-state index in [1.807, 2.05) is 62.3 Å². The molecule has 9 heteroatoms. The highest BCUT2D eigenvalue weighted by atomic mass is 19.1. The average Bonchev–Trinajstić information content (AvgIpc) is 3.60. The van der Waals surface area contributed by atoms with Crippen molar-refractivity contribution < 1.29 is 23.4 Å². The molecule has 4 atom stereocenters. The summed E-state index contributed by atoms with van der Waals surface area (Å²) in [5, 5.41) is 11.7. The van der Waals surface area contributed by atoms with Crippen molar-refractivity contribution in [2.24, 2.45) is 22.7 Å². The molecule has 0 spiro atoms. The lowest BCUT2D eigenvalue weighted by Crippen LogP contribution is -2.42. The number of fused-ring (bicyclic) bond motifs is 4. The fourth-order valence-corrected chi connectivity index (χ4v) is 8.05. The van der Waals surface area contributed by atoms with Gasteiger partial charge in [-0.05, 0) is 86.0 Å². The summed E-state index contributed by atoms with van der Waals surface area (Å²) in [5.74, 6) is -1.86. The largest absolute Gasteiger partial charge is 0.481 e. The number of carboxylic acids is 1. The van der Waals surface area contributed by atoms with Crippen molar-refractivity contribution in [3.63, 3.8) is 0 Å². The number of aromatic nitrogens is 2. The molecule has 3 aliphatic rings. The van der Waals surface area contributed by atoms with E-state index in [4.69, 9.17) is 9.72 Å². The lowest BCUT2D eigenvalue weighted by atomic mass is 9.84. The number of nitrogens with zero attached hydrogens (tertiary/aromatic N) is 4. The van der Waals surface area contributed by atoms with Crippen molar-refractivity contribution >= 4 is 33.5 Å². The molecule has 1 N–H and O–H groups in total. The molecule has 1 saturated heterocycles. The molecule has 1 aliphatic heterocycles. The Bertz CT molecular complexity index is 1810. The van der Waals surface area contributed by atoms with Gasteiger partial charge in [0.25, 0.3) is 0 Å². The Kier molecular flexibility index (Phi) is 6.81. The molecule has 7 nitrogen and oxygen atoms in total. The van der Waals surface area contributed by atoms with E-state index in [0.29, 0.717) is 35.7 Å². The number of halogens is 2. The van der Waals surface area contributed by atoms with Crippen LogP contribution in [0.2, 0.25) is 0 Å². The Morgan fingerprint density at radius 2 is 1.93 bits per heavy atom. The standard InChI is InChI=1S/C35H38F2N4O3/c1-20-11-22-7-5-6-8-23(22)24(12-20)28-27(36)13-25-30(29(28)37)38-33(44-19-35(18-40(3)4)15-26(35)32(42)43)39-31(25)41-16-21-9-10-34(2,14-21)17-41/h5-8,11-13,21,26H,9-10,14-19H2,1-4H3,(H,42,43)/t21-,26?,34-,35?/m0/s1. The minimum atomic E-state index is -0.857. The molecule has 2 unspecified atom stereocenters. The zero-order valence-corrected chi connectivity index (χ0v) is 25.7. The summed E-state index contributed by atoms with van der Waals surface area (Å²) < 4.78 is 39.1. The molecule has 44 heavy (non-hydrogen) atoms. The zero-order chi connectivity index (χ0) is 31.0. The third-order valence-electron chi connectivity index (χ3n) is 10.0. The van der Waals surface area contributed by atoms with E-state index in [1.165, 1.54) is 6.07 Å². The fourth-order valence-electron chi connectivity index (χ4n) is 8.05. The van der Waals surface area contributed by atoms with Gasteiger partial charge >= 0.3 is 12.0 Å². The maximum absolute atomic E-state index is 16.8. The van der Waals surface area contributed by atoms with E-state index >= 15 is 8.78 Å². The van der Waals surface area contributed by atoms with Crippen LogP contribution < -0.4 is 9.64 Å². The second-order valence-electron chi connectivity index (χ2n) is 14.1. The van der Waals surface area contributed by atoms with E-state index in [1.54, 1.807) is 0 Å². The minimum Gasteiger partial charge on any atom is -0.481 e. The number of aryl methyl sites for hydroxylation is 1. The van der Waals surface area contributed by atoms with Crippen LogP contribution in [-0.2, 0) is 4.79 Å². The molecule has 230 valence electrons. The van der Waals surface area contributed by atoms with Crippen LogP contribution in [0.15, 0.2) is 42.5 Å². The lowest BCUT2D eigenvalue weighted by Gasteiger charge is -2.39. The number of benzene rings is 3. The first-order chi connectivity index (χ1) is 20.9. The average molecular weight is 601 g/mol. The summed E-state index contributed by atoms with van der Waals surface area (Å²) in [7, 11) is 3.80. The van der Waals surface area contributed by atoms with Gasteiger partial charge in [-0.25, -0.2) is 8.78 Å². The van der Waals surface area contributed by atoms with E-state index in [-0.39, 0.29) is 29.1 Å². The number of carboxylic acid groups (broad SMARTS) is 1. The van der Waals surface area contributed by atoms with Gasteiger partial charge in [0.15, 0.2) is 5.82 Å². The second-order valence-corrected chi connectivity index (χ2v) is 14.1. The fraction of sp³-hybridized carbons (Fsp3) is 0.457. The van der Waals surface area contributed by atoms with Gasteiger partial charge in [-0.15, -0.1) is 0 Å². The molecule has 1 aromatic heterocycles. The normalized spacial score (nSPS) is 26.1. The van der Waals surface area contributed by atoms with Crippen molar-refractivity contribution in [1.82, 2.24) is 14.9 Å². The summed E-state index contributed by atoms with van der Waals surface area (Å²) in [4.78, 5) is 25.3. The predicted molar refractivity (Wildman–Crippen MR) is 167 cm³/mol. The number of rotatable bonds is 8. The van der Waals surface area contributed by atoms with Gasteiger partial charge in [0.2, 0.25) is 0 Å². The first kappa shape index (κ1) is 28.9. The minimum absolute atomic E-state index is 0.00213. The van der Waals surface area contributed by atoms with Crippen molar-refractivity contribution in [1.29, 1.82) is 0 Å². The molecule has 3 fully saturated rings. The Morgan fingerprint density at radius 1 is 1.14 bits per heavy atom. The van der Waals surface area contributed by atoms with E-state index < -0.39 is 28.9 Å². The summed E-state index contributed by atoms with van der Waals surface area (Å²) in [6.07, 6.45) is 3.85. The molecule has 4 aromatic rings. The summed E-state index contributed by atoms with van der Waals surface area (Å²) in [6, 6.07) is 12.7. The van der Waals surface area contributed by atoms with Crippen LogP contribution in [-0.4, -0.2) is 66.3 Å². The number of aliphatic carboxylic acids is 1. The van der Waals surface area contributed by atoms with Gasteiger partial charge in [-0.3, -0.25) is 4.79 Å². The van der Waals surface area contributed by atoms with Gasteiger partial charge in [-0.1, -0.05) is 43.3 Å². The van der Waals surface area contributed by atoms with Crippen molar-refractivity contribution in [3.8, 4) is 17.1 Å². The van der Waals surface area contributed by atoms with E-state index in [9.17, 15) is 9.90 Å². The van der Waals surface area contributed by atoms with Crippen LogP contribution in [0.1, 0.15) is 38.2 Å². The topological polar surface area (TPSA) is 78.8 Å². The van der Waals surface area contributed by atoms with Crippen molar-refractivity contribution in [2.75, 3.05) is 45.2 Å². The number of anilines is 1. The smallest absolute Gasteiger partial charge is 0.319 e. The molecule has 3 aromatic carbocycles. The Balaban J connectivity index is 1.37. The van der Waals surface area contributed by atoms with Crippen LogP contribution in [0.3, 0.4) is 0 Å². The third-order valence-corrected chi connectivity index (χ3v) is 10.0. The van der Waals surface area contributed by atoms with Gasteiger partial charge in [0.05, 0.1) is 18.1 Å². The van der Waals surface area contributed by atoms with Crippen molar-refractivity contribution in [3.05, 3.63) is 59.7 Å². The number of ether oxygens (including phenoxy) is 1. The zero-order valence-electron chi connectivity index (χ0n) is 25.7. The van der Waals surface area contributed by atoms with Gasteiger partial charge in [-0.2, -0.15) is 9.97 Å². The summed E-state index contributed by atoms with van der Waals surface area (Å²) in [5.41, 5.74) is 0.759. The molecule has 0 amide bonds. The molecule has 2 aliphatic carbocycles. The molecule has 0 radical (unpaired) electrons. The number of hydrogen-bond donors (Lipinski definition) is 1. The second kappa shape index (κ2) is 10.4. The molecule has 7 rings (SSSR count). The van der Waals surface area contributed by atoms with Crippen LogP contribution in [0.25, 0.3) is 32.8 Å². The number of hydrogen-bond acceptors (Lipinski definition) is 6. The molecule has 2 heterocycles. The molecule has 2 bridgehead atoms. The third kappa shape index (κ3) is 4.95. The Labute approximate surface area is 255 Å². The summed E-state index contributed by atoms with van der Waals surface area (Å²) in [6.45, 7) is 6.28. The monoisotopic (exact) mass is 600 g/mol. The Hall–Kier alpha value is -3.85. The summed E-state index contributed by atoms with van der Waals surface area (Å²) >= 11 is 0. The van der Waals surface area contributed by atoms with Gasteiger partial charge in [0, 0.05) is 30.4 Å². The lowest BCUT2D eigenvalue weighted by molar-refractivity contribution is -0.139. The first-order valence-electron chi connectivity index (χ1n) is 15.4. The van der Waals surface area contributed by atoms with Crippen LogP contribution in [0.4, 0.5) is 14.6 Å². The number of carbonyl (C=O) groups is 1. The molecular weight excluding hydrogens is 562 g/mol. The highest BCUT2D eigenvalue weighted by Gasteiger charge is 2.59.